The molecule has 0 unspecified atom stereocenters. The van der Waals surface area contributed by atoms with E-state index in [1.54, 1.807) is 0 Å². The molecule has 0 spiro atoms. The fourth-order valence-electron chi connectivity index (χ4n) is 5.29. The van der Waals surface area contributed by atoms with E-state index in [0.29, 0.717) is 0 Å². The Morgan fingerprint density at radius 3 is 0.354 bits per heavy atom. The third kappa shape index (κ3) is 65.1. The summed E-state index contributed by atoms with van der Waals surface area (Å²) >= 11 is 0. The van der Waals surface area contributed by atoms with E-state index in [1.165, 1.54) is 164 Å². The first-order chi connectivity index (χ1) is 16.5. The zero-order chi connectivity index (χ0) is 26.0. The van der Waals surface area contributed by atoms with Crippen LogP contribution in [-0.4, -0.2) is 61.3 Å². The number of nitrogens with zero attached hydrogens (tertiary/aromatic N) is 2. The van der Waals surface area contributed by atoms with Crippen molar-refractivity contribution in [3.8, 4) is 0 Å². The number of halogens is 11. The molecule has 0 N–H and O–H groups in total. The summed E-state index contributed by atoms with van der Waals surface area (Å²) in [6.45, 7) is 30.0. The van der Waals surface area contributed by atoms with E-state index in [0.717, 1.165) is 0 Å². The molecule has 0 aromatic heterocycles. The van der Waals surface area contributed by atoms with Crippen LogP contribution in [0.15, 0.2) is 0 Å². The maximum absolute atomic E-state index is 2.33. The van der Waals surface area contributed by atoms with Gasteiger partial charge in [0.05, 0.1) is 52.4 Å². The number of hydrogen-bond donors (Lipinski definition) is 0. The van der Waals surface area contributed by atoms with Crippen molar-refractivity contribution in [1.29, 1.82) is 0 Å². The van der Waals surface area contributed by atoms with Crippen LogP contribution in [-0.2, 0) is 63.2 Å². The number of rotatable bonds is 24. The maximum atomic E-state index is 2.33. The fraction of sp³-hybridized carbons (Fsp3) is 1.00. The first kappa shape index (κ1) is 106. The second-order valence-electron chi connectivity index (χ2n) is 11.3. The van der Waals surface area contributed by atoms with Crippen LogP contribution in [0.25, 0.3) is 0 Å². The molecule has 0 aromatic rings. The molecule has 0 aliphatic heterocycles. The minimum Gasteiger partial charge on any atom is -1.00 e. The van der Waals surface area contributed by atoms with Crippen molar-refractivity contribution in [2.75, 3.05) is 52.4 Å². The van der Waals surface area contributed by atoms with E-state index in [9.17, 15) is 0 Å². The molecule has 0 aliphatic rings. The summed E-state index contributed by atoms with van der Waals surface area (Å²) < 4.78 is 2.84. The van der Waals surface area contributed by atoms with Crippen molar-refractivity contribution >= 4 is 0 Å². The summed E-state index contributed by atoms with van der Waals surface area (Å²) in [6.07, 6.45) is 22.1. The van der Waals surface area contributed by atoms with E-state index >= 15 is 0 Å². The summed E-state index contributed by atoms with van der Waals surface area (Å²) in [5, 5.41) is 0. The molecule has 0 bridgehead atoms. The van der Waals surface area contributed by atoms with E-state index in [4.69, 9.17) is 0 Å². The van der Waals surface area contributed by atoms with Crippen molar-refractivity contribution in [2.45, 2.75) is 158 Å². The third-order valence-electron chi connectivity index (χ3n) is 7.89. The first-order valence-corrected chi connectivity index (χ1v) is 16.2. The second kappa shape index (κ2) is 82.2. The Hall–Kier alpha value is 7.26. The van der Waals surface area contributed by atoms with Gasteiger partial charge in [-0.15, -0.1) is 0 Å². The summed E-state index contributed by atoms with van der Waals surface area (Å²) in [7, 11) is 0. The molecule has 0 saturated carbocycles. The Balaban J connectivity index is -0.0000000236. The van der Waals surface area contributed by atoms with Crippen LogP contribution >= 0.6 is 0 Å². The Bertz CT molecular complexity index is 320. The van der Waals surface area contributed by atoms with E-state index < -0.39 is 0 Å². The average Bonchev–Trinajstić information content (AvgIpc) is 2.87. The fourth-order valence-corrected chi connectivity index (χ4v) is 5.29. The number of unbranched alkanes of at least 4 members (excludes halogenated alkanes) is 8. The van der Waals surface area contributed by atoms with Crippen molar-refractivity contribution in [3.05, 3.63) is 0 Å². The van der Waals surface area contributed by atoms with Crippen LogP contribution in [0.5, 0.6) is 0 Å². The third-order valence-corrected chi connectivity index (χ3v) is 7.89. The topological polar surface area (TPSA) is 0 Å². The molecule has 0 aromatic carbocycles. The van der Waals surface area contributed by atoms with Crippen molar-refractivity contribution < 1.29 is 259 Å². The smallest absolute Gasteiger partial charge is 1.00 e. The van der Waals surface area contributed by atoms with E-state index in [1.807, 2.05) is 0 Å². The van der Waals surface area contributed by atoms with Gasteiger partial charge in [0.15, 0.2) is 0 Å². The van der Waals surface area contributed by atoms with Gasteiger partial charge >= 0.3 is 63.2 Å². The maximum Gasteiger partial charge on any atom is 3.00 e. The van der Waals surface area contributed by atoms with Crippen molar-refractivity contribution in [3.63, 3.8) is 0 Å². The van der Waals surface area contributed by atoms with Gasteiger partial charge in [0.25, 0.3) is 0 Å². The monoisotopic (exact) mass is 1650 g/mol. The Labute approximate surface area is 462 Å². The first-order valence-electron chi connectivity index (χ1n) is 16.2. The number of quaternary nitrogens is 2. The van der Waals surface area contributed by atoms with Crippen LogP contribution < -0.4 is 187 Å². The van der Waals surface area contributed by atoms with Gasteiger partial charge in [-0.2, -0.15) is 0 Å². The Kier molecular flexibility index (Phi) is 181. The van der Waals surface area contributed by atoms with Crippen LogP contribution in [0, 0.1) is 0 Å². The molecule has 305 valence electrons. The van der Waals surface area contributed by atoms with Crippen LogP contribution in [0.4, 0.5) is 0 Å². The largest absolute Gasteiger partial charge is 3.00 e. The van der Waals surface area contributed by atoms with Gasteiger partial charge in [-0.25, -0.2) is 0 Å². The predicted molar refractivity (Wildman–Crippen MR) is 159 cm³/mol. The van der Waals surface area contributed by atoms with Gasteiger partial charge in [0.1, 0.15) is 0 Å². The molecule has 0 rings (SSSR count). The molecule has 3 radical (unpaired) electrons. The van der Waals surface area contributed by atoms with Gasteiger partial charge in [-0.3, -0.25) is 0 Å². The van der Waals surface area contributed by atoms with E-state index in [2.05, 4.69) is 55.4 Å². The van der Waals surface area contributed by atoms with Gasteiger partial charge in [0.2, 0.25) is 0 Å². The normalized spacial score (nSPS) is 8.50. The predicted octanol–water partition coefficient (Wildman–Crippen LogP) is -23.0. The second-order valence-corrected chi connectivity index (χ2v) is 11.3. The molecule has 0 atom stereocenters. The molecule has 0 aliphatic carbocycles. The summed E-state index contributed by atoms with van der Waals surface area (Å²) in [6, 6.07) is 0. The molecule has 16 heteroatoms. The molecule has 0 amide bonds. The minimum atomic E-state index is 0. The molecular weight excluding hydrogens is 1580 g/mol. The van der Waals surface area contributed by atoms with Crippen molar-refractivity contribution in [2.24, 2.45) is 0 Å². The summed E-state index contributed by atoms with van der Waals surface area (Å²) in [5.74, 6) is 0. The molecular formula is C32H72Br11Mo3N2. The number of hydrogen-bond acceptors (Lipinski definition) is 0. The van der Waals surface area contributed by atoms with Crippen LogP contribution in [0.3, 0.4) is 0 Å². The quantitative estimate of drug-likeness (QED) is 0.0667. The van der Waals surface area contributed by atoms with Crippen LogP contribution in [0.2, 0.25) is 0 Å². The zero-order valence-electron chi connectivity index (χ0n) is 31.2. The molecule has 0 saturated heterocycles. The van der Waals surface area contributed by atoms with Gasteiger partial charge in [-0.05, 0) is 51.4 Å². The molecule has 2 nitrogen and oxygen atoms in total. The Morgan fingerprint density at radius 1 is 0.208 bits per heavy atom. The molecule has 0 fully saturated rings. The standard InChI is InChI=1S/2C16H36N.11BrH.3Mo/c2*1-5-9-13-17(14-10-6-2,15-11-7-3)16-12-8-4;;;;;;;;;;;;;;/h2*5-16H2,1-4H3;11*1H;;;/q2*+1;;;;;;;;;;;;3*+3/p-11. The summed E-state index contributed by atoms with van der Waals surface area (Å²) in [5.41, 5.74) is 0. The average molecular weight is 1650 g/mol. The molecule has 48 heavy (non-hydrogen) atoms. The van der Waals surface area contributed by atoms with Crippen LogP contribution in [0.1, 0.15) is 158 Å². The SMILES string of the molecule is CCCC[N+](CCCC)(CCCC)CCCC.CCCC[N+](CCCC)(CCCC)CCCC.[Br-].[Br-].[Br-].[Br-].[Br-].[Br-].[Br-].[Br-].[Br-].[Br-].[Br-].[Mo+3].[Mo+3].[Mo+3]. The van der Waals surface area contributed by atoms with Gasteiger partial charge in [-0.1, -0.05) is 107 Å². The Morgan fingerprint density at radius 2 is 0.292 bits per heavy atom. The van der Waals surface area contributed by atoms with Gasteiger partial charge < -0.3 is 196 Å². The minimum absolute atomic E-state index is 0. The van der Waals surface area contributed by atoms with E-state index in [-0.39, 0.29) is 250 Å². The molecule has 0 heterocycles. The van der Waals surface area contributed by atoms with Gasteiger partial charge in [0, 0.05) is 0 Å². The zero-order valence-corrected chi connectivity index (χ0v) is 54.7. The summed E-state index contributed by atoms with van der Waals surface area (Å²) in [4.78, 5) is 0. The van der Waals surface area contributed by atoms with Crippen molar-refractivity contribution in [1.82, 2.24) is 0 Å².